The van der Waals surface area contributed by atoms with Crippen LogP contribution in [0.5, 0.6) is 0 Å². The lowest BCUT2D eigenvalue weighted by Crippen LogP contribution is -2.27. The Balaban J connectivity index is 2.06. The zero-order chi connectivity index (χ0) is 11.0. The first-order chi connectivity index (χ1) is 7.84. The number of anilines is 2. The third-order valence-electron chi connectivity index (χ3n) is 3.27. The van der Waals surface area contributed by atoms with Crippen molar-refractivity contribution < 1.29 is 0 Å². The van der Waals surface area contributed by atoms with Crippen LogP contribution in [0.15, 0.2) is 30.5 Å². The Morgan fingerprint density at radius 2 is 2.12 bits per heavy atom. The summed E-state index contributed by atoms with van der Waals surface area (Å²) in [5.74, 6) is 0. The van der Waals surface area contributed by atoms with Gasteiger partial charge >= 0.3 is 0 Å². The maximum absolute atomic E-state index is 5.91. The summed E-state index contributed by atoms with van der Waals surface area (Å²) in [6, 6.07) is 8.63. The van der Waals surface area contributed by atoms with Crippen molar-refractivity contribution in [1.82, 2.24) is 4.98 Å². The Hall–Kier alpha value is -1.77. The number of nitrogens with one attached hydrogen (secondary N) is 1. The molecule has 3 rings (SSSR count). The molecule has 16 heavy (non-hydrogen) atoms. The van der Waals surface area contributed by atoms with Gasteiger partial charge in [0.1, 0.15) is 0 Å². The first kappa shape index (κ1) is 9.46. The van der Waals surface area contributed by atoms with Gasteiger partial charge in [0.15, 0.2) is 0 Å². The molecular weight excluding hydrogens is 198 g/mol. The summed E-state index contributed by atoms with van der Waals surface area (Å²) in [5.41, 5.74) is 8.71. The fourth-order valence-electron chi connectivity index (χ4n) is 2.09. The summed E-state index contributed by atoms with van der Waals surface area (Å²) < 4.78 is 0. The summed E-state index contributed by atoms with van der Waals surface area (Å²) in [4.78, 5) is 4.33. The van der Waals surface area contributed by atoms with Crippen LogP contribution < -0.4 is 11.1 Å². The fraction of sp³-hybridized carbons (Fsp3) is 0.308. The average molecular weight is 213 g/mol. The molecule has 3 N–H and O–H groups in total. The van der Waals surface area contributed by atoms with Crippen LogP contribution in [0, 0.1) is 0 Å². The van der Waals surface area contributed by atoms with E-state index in [0.717, 1.165) is 22.3 Å². The molecule has 1 aromatic heterocycles. The molecule has 0 aliphatic heterocycles. The number of nitrogens with zero attached hydrogens (tertiary/aromatic N) is 1. The number of nitrogen functional groups attached to an aromatic ring is 1. The van der Waals surface area contributed by atoms with E-state index in [0.29, 0.717) is 6.04 Å². The van der Waals surface area contributed by atoms with E-state index in [1.165, 1.54) is 19.3 Å². The highest BCUT2D eigenvalue weighted by Crippen LogP contribution is 2.30. The van der Waals surface area contributed by atoms with Crippen LogP contribution in [0.25, 0.3) is 10.9 Å². The Kier molecular flexibility index (Phi) is 2.17. The van der Waals surface area contributed by atoms with Gasteiger partial charge in [-0.2, -0.15) is 0 Å². The SMILES string of the molecule is Nc1ccc(NC2CCC2)c2cccnc12. The summed E-state index contributed by atoms with van der Waals surface area (Å²) in [6.07, 6.45) is 5.66. The number of nitrogens with two attached hydrogens (primary N) is 1. The molecule has 1 aliphatic rings. The minimum Gasteiger partial charge on any atom is -0.397 e. The molecule has 0 saturated heterocycles. The highest BCUT2D eigenvalue weighted by atomic mass is 14.9. The van der Waals surface area contributed by atoms with E-state index in [4.69, 9.17) is 5.73 Å². The second-order valence-corrected chi connectivity index (χ2v) is 4.37. The van der Waals surface area contributed by atoms with Crippen LogP contribution in [0.4, 0.5) is 11.4 Å². The highest BCUT2D eigenvalue weighted by molar-refractivity contribution is 5.98. The van der Waals surface area contributed by atoms with Gasteiger partial charge in [-0.25, -0.2) is 0 Å². The number of pyridine rings is 1. The van der Waals surface area contributed by atoms with Crippen LogP contribution in [0.1, 0.15) is 19.3 Å². The Morgan fingerprint density at radius 3 is 2.88 bits per heavy atom. The molecule has 1 heterocycles. The molecule has 0 spiro atoms. The van der Waals surface area contributed by atoms with E-state index in [-0.39, 0.29) is 0 Å². The smallest absolute Gasteiger partial charge is 0.0951 e. The maximum atomic E-state index is 5.91. The van der Waals surface area contributed by atoms with Crippen LogP contribution >= 0.6 is 0 Å². The first-order valence-electron chi connectivity index (χ1n) is 5.74. The third kappa shape index (κ3) is 1.48. The molecule has 1 fully saturated rings. The monoisotopic (exact) mass is 213 g/mol. The molecule has 3 nitrogen and oxygen atoms in total. The van der Waals surface area contributed by atoms with Crippen molar-refractivity contribution in [2.24, 2.45) is 0 Å². The van der Waals surface area contributed by atoms with Crippen LogP contribution in [0.3, 0.4) is 0 Å². The average Bonchev–Trinajstić information content (AvgIpc) is 2.26. The Morgan fingerprint density at radius 1 is 1.25 bits per heavy atom. The van der Waals surface area contributed by atoms with E-state index in [2.05, 4.69) is 22.4 Å². The number of benzene rings is 1. The van der Waals surface area contributed by atoms with Gasteiger partial charge in [-0.1, -0.05) is 0 Å². The molecule has 0 atom stereocenters. The van der Waals surface area contributed by atoms with Gasteiger partial charge in [-0.3, -0.25) is 4.98 Å². The van der Waals surface area contributed by atoms with Crippen molar-refractivity contribution in [2.75, 3.05) is 11.1 Å². The topological polar surface area (TPSA) is 50.9 Å². The molecule has 0 radical (unpaired) electrons. The molecule has 3 heteroatoms. The number of fused-ring (bicyclic) bond motifs is 1. The summed E-state index contributed by atoms with van der Waals surface area (Å²) in [5, 5.41) is 4.67. The zero-order valence-corrected chi connectivity index (χ0v) is 9.11. The van der Waals surface area contributed by atoms with E-state index in [1.807, 2.05) is 12.1 Å². The predicted molar refractivity (Wildman–Crippen MR) is 67.4 cm³/mol. The van der Waals surface area contributed by atoms with E-state index >= 15 is 0 Å². The second kappa shape index (κ2) is 3.67. The van der Waals surface area contributed by atoms with Gasteiger partial charge in [0, 0.05) is 23.3 Å². The molecule has 1 saturated carbocycles. The number of hydrogen-bond acceptors (Lipinski definition) is 3. The lowest BCUT2D eigenvalue weighted by atomic mass is 9.92. The van der Waals surface area contributed by atoms with Gasteiger partial charge in [0.2, 0.25) is 0 Å². The number of hydrogen-bond donors (Lipinski definition) is 2. The van der Waals surface area contributed by atoms with Gasteiger partial charge < -0.3 is 11.1 Å². The lowest BCUT2D eigenvalue weighted by molar-refractivity contribution is 0.446. The van der Waals surface area contributed by atoms with Gasteiger partial charge in [-0.15, -0.1) is 0 Å². The van der Waals surface area contributed by atoms with Crippen molar-refractivity contribution in [3.63, 3.8) is 0 Å². The largest absolute Gasteiger partial charge is 0.397 e. The summed E-state index contributed by atoms with van der Waals surface area (Å²) >= 11 is 0. The van der Waals surface area contributed by atoms with E-state index in [9.17, 15) is 0 Å². The summed E-state index contributed by atoms with van der Waals surface area (Å²) in [7, 11) is 0. The van der Waals surface area contributed by atoms with E-state index in [1.54, 1.807) is 6.20 Å². The fourth-order valence-corrected chi connectivity index (χ4v) is 2.09. The Labute approximate surface area is 94.7 Å². The lowest BCUT2D eigenvalue weighted by Gasteiger charge is -2.28. The van der Waals surface area contributed by atoms with Crippen molar-refractivity contribution in [2.45, 2.75) is 25.3 Å². The van der Waals surface area contributed by atoms with Crippen molar-refractivity contribution in [3.05, 3.63) is 30.5 Å². The number of rotatable bonds is 2. The Bertz CT molecular complexity index is 518. The maximum Gasteiger partial charge on any atom is 0.0951 e. The predicted octanol–water partition coefficient (Wildman–Crippen LogP) is 2.78. The molecule has 0 bridgehead atoms. The van der Waals surface area contributed by atoms with Crippen molar-refractivity contribution in [1.29, 1.82) is 0 Å². The van der Waals surface area contributed by atoms with Gasteiger partial charge in [0.05, 0.1) is 11.2 Å². The molecule has 1 aromatic carbocycles. The van der Waals surface area contributed by atoms with Gasteiger partial charge in [-0.05, 0) is 43.5 Å². The highest BCUT2D eigenvalue weighted by Gasteiger charge is 2.17. The summed E-state index contributed by atoms with van der Waals surface area (Å²) in [6.45, 7) is 0. The van der Waals surface area contributed by atoms with Crippen molar-refractivity contribution in [3.8, 4) is 0 Å². The normalized spacial score (nSPS) is 16.0. The minimum absolute atomic E-state index is 0.632. The van der Waals surface area contributed by atoms with E-state index < -0.39 is 0 Å². The van der Waals surface area contributed by atoms with Crippen LogP contribution in [-0.4, -0.2) is 11.0 Å². The molecule has 0 amide bonds. The quantitative estimate of drug-likeness (QED) is 0.754. The number of aromatic nitrogens is 1. The van der Waals surface area contributed by atoms with Crippen molar-refractivity contribution >= 4 is 22.3 Å². The standard InChI is InChI=1S/C13H15N3/c14-11-6-7-12(16-9-3-1-4-9)10-5-2-8-15-13(10)11/h2,5-9,16H,1,3-4,14H2. The minimum atomic E-state index is 0.632. The zero-order valence-electron chi connectivity index (χ0n) is 9.11. The molecule has 2 aromatic rings. The molecule has 1 aliphatic carbocycles. The van der Waals surface area contributed by atoms with Crippen LogP contribution in [-0.2, 0) is 0 Å². The van der Waals surface area contributed by atoms with Crippen LogP contribution in [0.2, 0.25) is 0 Å². The second-order valence-electron chi connectivity index (χ2n) is 4.37. The third-order valence-corrected chi connectivity index (χ3v) is 3.27. The first-order valence-corrected chi connectivity index (χ1v) is 5.74. The molecule has 0 unspecified atom stereocenters. The van der Waals surface area contributed by atoms with Gasteiger partial charge in [0.25, 0.3) is 0 Å². The molecule has 82 valence electrons. The molecular formula is C13H15N3.